The number of allylic oxidation sites excluding steroid dienone is 1. The lowest BCUT2D eigenvalue weighted by Gasteiger charge is -2.72. The maximum absolute atomic E-state index is 14.3. The van der Waals surface area contributed by atoms with Crippen LogP contribution in [-0.4, -0.2) is 67.5 Å². The molecule has 5 fully saturated rings. The number of carboxylic acid groups (broad SMARTS) is 1. The monoisotopic (exact) mass is 875 g/mol. The number of rotatable bonds is 9. The summed E-state index contributed by atoms with van der Waals surface area (Å²) in [7, 11) is 0. The van der Waals surface area contributed by atoms with Gasteiger partial charge in [0.25, 0.3) is 5.91 Å². The van der Waals surface area contributed by atoms with E-state index >= 15 is 0 Å². The number of ether oxygens (including phenoxy) is 1. The third-order valence-corrected chi connectivity index (χ3v) is 19.6. The first-order chi connectivity index (χ1) is 30.0. The minimum Gasteiger partial charge on any atom is -0.481 e. The van der Waals surface area contributed by atoms with Gasteiger partial charge in [0.1, 0.15) is 11.9 Å². The van der Waals surface area contributed by atoms with Gasteiger partial charge in [-0.15, -0.1) is 0 Å². The van der Waals surface area contributed by atoms with E-state index in [1.807, 2.05) is 39.0 Å². The fraction of sp³-hybridized carbons (Fsp3) is 0.660. The lowest BCUT2D eigenvalue weighted by Crippen LogP contribution is -2.66. The first-order valence-electron chi connectivity index (χ1n) is 24.1. The van der Waals surface area contributed by atoms with Gasteiger partial charge in [0.05, 0.1) is 29.0 Å². The fourth-order valence-corrected chi connectivity index (χ4v) is 15.6. The molecule has 0 spiro atoms. The summed E-state index contributed by atoms with van der Waals surface area (Å²) >= 11 is 0. The summed E-state index contributed by atoms with van der Waals surface area (Å²) in [5, 5.41) is 25.2. The number of esters is 1. The van der Waals surface area contributed by atoms with Crippen molar-refractivity contribution < 1.29 is 34.1 Å². The first-order valence-corrected chi connectivity index (χ1v) is 24.1. The van der Waals surface area contributed by atoms with Gasteiger partial charge in [-0.25, -0.2) is 4.98 Å². The van der Waals surface area contributed by atoms with E-state index in [1.165, 1.54) is 5.57 Å². The quantitative estimate of drug-likeness (QED) is 0.153. The van der Waals surface area contributed by atoms with Gasteiger partial charge in [-0.1, -0.05) is 67.9 Å². The average Bonchev–Trinajstić information content (AvgIpc) is 3.79. The summed E-state index contributed by atoms with van der Waals surface area (Å²) in [6.07, 6.45) is 8.62. The first kappa shape index (κ1) is 44.8. The van der Waals surface area contributed by atoms with Crippen LogP contribution in [0.4, 0.5) is 0 Å². The van der Waals surface area contributed by atoms with E-state index in [0.29, 0.717) is 36.1 Å². The highest BCUT2D eigenvalue weighted by Crippen LogP contribution is 2.77. The number of aromatic amines is 1. The maximum atomic E-state index is 14.3. The summed E-state index contributed by atoms with van der Waals surface area (Å²) in [6, 6.07) is 9.29. The highest BCUT2D eigenvalue weighted by molar-refractivity contribution is 6.01. The lowest BCUT2D eigenvalue weighted by atomic mass is 9.33. The van der Waals surface area contributed by atoms with E-state index in [4.69, 9.17) is 9.72 Å². The Morgan fingerprint density at radius 1 is 0.891 bits per heavy atom. The van der Waals surface area contributed by atoms with Gasteiger partial charge in [-0.2, -0.15) is 0 Å². The number of Topliss-reactive ketones (excluding diaryl/α,β-unsaturated/α-hetero) is 1. The zero-order valence-electron chi connectivity index (χ0n) is 39.7. The van der Waals surface area contributed by atoms with Crippen LogP contribution < -0.4 is 5.32 Å². The predicted octanol–water partition coefficient (Wildman–Crippen LogP) is 9.66. The van der Waals surface area contributed by atoms with Crippen LogP contribution in [-0.2, 0) is 19.1 Å². The molecular formula is C53H70N4O7. The van der Waals surface area contributed by atoms with Gasteiger partial charge in [-0.3, -0.25) is 24.2 Å². The number of imidazole rings is 1. The van der Waals surface area contributed by atoms with Gasteiger partial charge < -0.3 is 25.3 Å². The Morgan fingerprint density at radius 2 is 1.64 bits per heavy atom. The topological polar surface area (TPSA) is 172 Å². The molecule has 344 valence electrons. The highest BCUT2D eigenvalue weighted by Gasteiger charge is 2.71. The predicted molar refractivity (Wildman–Crippen MR) is 245 cm³/mol. The molecule has 4 N–H and O–H groups in total. The minimum atomic E-state index is -0.925. The van der Waals surface area contributed by atoms with E-state index in [9.17, 15) is 29.4 Å². The van der Waals surface area contributed by atoms with Crippen molar-refractivity contribution in [3.63, 3.8) is 0 Å². The number of H-pyrrole nitrogens is 1. The van der Waals surface area contributed by atoms with E-state index in [2.05, 4.69) is 63.8 Å². The second kappa shape index (κ2) is 15.1. The number of amides is 1. The number of hydrogen-bond acceptors (Lipinski definition) is 8. The van der Waals surface area contributed by atoms with Crippen LogP contribution in [0.5, 0.6) is 0 Å². The number of nitrogens with zero attached hydrogens (tertiary/aromatic N) is 2. The maximum Gasteiger partial charge on any atom is 0.309 e. The summed E-state index contributed by atoms with van der Waals surface area (Å²) in [5.41, 5.74) is 4.09. The molecule has 5 saturated carbocycles. The van der Waals surface area contributed by atoms with Crippen molar-refractivity contribution in [1.29, 1.82) is 0 Å². The molecule has 2 aromatic heterocycles. The zero-order chi connectivity index (χ0) is 46.1. The Labute approximate surface area is 378 Å². The summed E-state index contributed by atoms with van der Waals surface area (Å²) in [5.74, 6) is -0.538. The van der Waals surface area contributed by atoms with Crippen molar-refractivity contribution >= 4 is 34.7 Å². The van der Waals surface area contributed by atoms with Gasteiger partial charge in [0, 0.05) is 46.8 Å². The van der Waals surface area contributed by atoms with E-state index in [-0.39, 0.29) is 70.2 Å². The summed E-state index contributed by atoms with van der Waals surface area (Å²) < 4.78 is 6.43. The molecule has 11 heteroatoms. The van der Waals surface area contributed by atoms with Gasteiger partial charge in [0.15, 0.2) is 5.78 Å². The third-order valence-electron chi connectivity index (χ3n) is 19.6. The Morgan fingerprint density at radius 3 is 2.31 bits per heavy atom. The van der Waals surface area contributed by atoms with E-state index in [0.717, 1.165) is 72.8 Å². The number of carbonyl (C=O) groups excluding carboxylic acids is 3. The van der Waals surface area contributed by atoms with Crippen LogP contribution in [0.3, 0.4) is 0 Å². The molecule has 0 radical (unpaired) electrons. The van der Waals surface area contributed by atoms with Gasteiger partial charge in [-0.05, 0) is 146 Å². The number of benzene rings is 1. The molecule has 64 heavy (non-hydrogen) atoms. The van der Waals surface area contributed by atoms with Crippen molar-refractivity contribution in [2.45, 2.75) is 146 Å². The van der Waals surface area contributed by atoms with Crippen LogP contribution in [0.15, 0.2) is 47.7 Å². The van der Waals surface area contributed by atoms with Crippen LogP contribution in [0.25, 0.3) is 22.4 Å². The largest absolute Gasteiger partial charge is 0.481 e. The molecule has 0 bridgehead atoms. The Hall–Kier alpha value is -4.38. The summed E-state index contributed by atoms with van der Waals surface area (Å²) in [4.78, 5) is 66.0. The Balaban J connectivity index is 0.934. The third kappa shape index (κ3) is 6.42. The van der Waals surface area contributed by atoms with Crippen molar-refractivity contribution in [2.75, 3.05) is 6.54 Å². The van der Waals surface area contributed by atoms with Crippen molar-refractivity contribution in [3.8, 4) is 11.4 Å². The van der Waals surface area contributed by atoms with Crippen LogP contribution >= 0.6 is 0 Å². The number of aromatic nitrogens is 3. The number of hydrogen-bond donors (Lipinski definition) is 4. The fourth-order valence-electron chi connectivity index (χ4n) is 15.6. The molecule has 0 saturated heterocycles. The normalized spacial score (nSPS) is 36.6. The molecule has 11 atom stereocenters. The molecule has 9 rings (SSSR count). The molecule has 1 amide bonds. The molecule has 6 aliphatic carbocycles. The highest BCUT2D eigenvalue weighted by atomic mass is 16.5. The molecule has 6 aliphatic rings. The molecule has 3 aromatic rings. The summed E-state index contributed by atoms with van der Waals surface area (Å²) in [6.45, 7) is 22.1. The number of fused-ring (bicyclic) bond motifs is 8. The van der Waals surface area contributed by atoms with Crippen LogP contribution in [0, 0.1) is 74.9 Å². The lowest BCUT2D eigenvalue weighted by molar-refractivity contribution is -0.238. The van der Waals surface area contributed by atoms with E-state index < -0.39 is 34.7 Å². The number of aliphatic carboxylic acids is 1. The second-order valence-corrected chi connectivity index (χ2v) is 23.4. The number of aryl methyl sites for hydroxylation is 1. The molecule has 0 unspecified atom stereocenters. The van der Waals surface area contributed by atoms with Gasteiger partial charge in [0.2, 0.25) is 0 Å². The smallest absolute Gasteiger partial charge is 0.309 e. The average molecular weight is 875 g/mol. The molecule has 0 aliphatic heterocycles. The Bertz CT molecular complexity index is 2450. The van der Waals surface area contributed by atoms with Crippen LogP contribution in [0.1, 0.15) is 143 Å². The number of aliphatic hydroxyl groups excluding tert-OH is 1. The van der Waals surface area contributed by atoms with Crippen molar-refractivity contribution in [3.05, 3.63) is 58.9 Å². The molecule has 1 aromatic carbocycles. The number of pyridine rings is 1. The molecule has 11 nitrogen and oxygen atoms in total. The molecular weight excluding hydrogens is 805 g/mol. The van der Waals surface area contributed by atoms with Crippen LogP contribution in [0.2, 0.25) is 0 Å². The zero-order valence-corrected chi connectivity index (χ0v) is 39.7. The van der Waals surface area contributed by atoms with E-state index in [1.54, 1.807) is 18.3 Å². The minimum absolute atomic E-state index is 0.0181. The SMILES string of the molecule is Cc1ccc(-c2nc3ccc(C(=O)NC[C@H](O)[C@@]45CC[C@]6(C)[C@H](CC[C@@H]7[C@@]8(C)CC[C@H](OC(=O)[C@H]9C[C@@H](C(=O)O)C9(C)C)C(C)(C)[C@@H]8CC[C@]76C)C4=C(C(C)C)C(=O)C5)cc3[nH]2)cn1. The Kier molecular flexibility index (Phi) is 10.6. The standard InChI is InChI=1S/C53H70N4O7/c1-28(2)42-37(58)25-53(40(59)27-55-45(60)30-13-15-35-36(23-30)57-44(56-35)31-12-11-29(3)54-26-31)22-21-51(9)32(43(42)53)14-16-39-50(8)19-18-41(49(6,7)38(50)17-20-52(39,51)10)64-47(63)34-24-33(46(61)62)48(34,4)5/h11-13,15,23,26,28,32-34,38-41,59H,14,16-22,24-25,27H2,1-10H3,(H,55,60)(H,56,57)(H,61,62)/t32-,33+,34-,38+,39-,40+,41+,50+,51-,52-,53+/m1/s1. The molecule has 2 heterocycles. The number of carboxylic acids is 1. The number of nitrogens with one attached hydrogen (secondary N) is 2. The number of ketones is 1. The van der Waals surface area contributed by atoms with Gasteiger partial charge >= 0.3 is 11.9 Å². The van der Waals surface area contributed by atoms with Crippen molar-refractivity contribution in [1.82, 2.24) is 20.3 Å². The number of aliphatic hydroxyl groups is 1. The van der Waals surface area contributed by atoms with Crippen molar-refractivity contribution in [2.24, 2.45) is 68.0 Å². The second-order valence-electron chi connectivity index (χ2n) is 23.4. The number of carbonyl (C=O) groups is 4.